The van der Waals surface area contributed by atoms with E-state index in [9.17, 15) is 9.59 Å². The van der Waals surface area contributed by atoms with Gasteiger partial charge in [-0.3, -0.25) is 10.1 Å². The lowest BCUT2D eigenvalue weighted by atomic mass is 10.2. The van der Waals surface area contributed by atoms with E-state index in [0.29, 0.717) is 11.4 Å². The van der Waals surface area contributed by atoms with Crippen LogP contribution in [-0.4, -0.2) is 28.7 Å². The number of aromatic nitrogens is 1. The van der Waals surface area contributed by atoms with Crippen molar-refractivity contribution in [2.24, 2.45) is 0 Å². The molecule has 20 heavy (non-hydrogen) atoms. The number of carboxylic acids is 1. The molecule has 0 spiro atoms. The highest BCUT2D eigenvalue weighted by molar-refractivity contribution is 5.90. The van der Waals surface area contributed by atoms with Crippen LogP contribution in [0.1, 0.15) is 16.1 Å². The molecule has 0 atom stereocenters. The Bertz CT molecular complexity index is 618. The summed E-state index contributed by atoms with van der Waals surface area (Å²) in [7, 11) is 0. The first-order valence-electron chi connectivity index (χ1n) is 5.74. The molecule has 0 aliphatic heterocycles. The van der Waals surface area contributed by atoms with Crippen molar-refractivity contribution in [1.29, 1.82) is 0 Å². The van der Waals surface area contributed by atoms with E-state index >= 15 is 0 Å². The number of nitrogens with zero attached hydrogens (tertiary/aromatic N) is 1. The van der Waals surface area contributed by atoms with Crippen LogP contribution in [0.2, 0.25) is 0 Å². The SMILES string of the molecule is Cc1cc(NC(=O)COc2ccc(C(=O)O)cc2)on1. The van der Waals surface area contributed by atoms with Gasteiger partial charge in [0.1, 0.15) is 5.75 Å². The van der Waals surface area contributed by atoms with Crippen molar-refractivity contribution in [3.63, 3.8) is 0 Å². The van der Waals surface area contributed by atoms with Crippen molar-refractivity contribution >= 4 is 17.8 Å². The molecule has 1 aromatic heterocycles. The third-order valence-electron chi connectivity index (χ3n) is 2.36. The van der Waals surface area contributed by atoms with Gasteiger partial charge in [0.25, 0.3) is 5.91 Å². The molecule has 1 heterocycles. The predicted octanol–water partition coefficient (Wildman–Crippen LogP) is 1.70. The second-order valence-electron chi connectivity index (χ2n) is 4.00. The lowest BCUT2D eigenvalue weighted by Gasteiger charge is -2.05. The van der Waals surface area contributed by atoms with Gasteiger partial charge in [0.05, 0.1) is 11.3 Å². The average molecular weight is 276 g/mol. The van der Waals surface area contributed by atoms with Crippen LogP contribution in [0.25, 0.3) is 0 Å². The second-order valence-corrected chi connectivity index (χ2v) is 4.00. The highest BCUT2D eigenvalue weighted by Crippen LogP contribution is 2.12. The molecule has 2 aromatic rings. The van der Waals surface area contributed by atoms with Gasteiger partial charge in [-0.1, -0.05) is 5.16 Å². The molecule has 2 N–H and O–H groups in total. The Labute approximate surface area is 114 Å². The molecule has 0 aliphatic carbocycles. The fraction of sp³-hybridized carbons (Fsp3) is 0.154. The van der Waals surface area contributed by atoms with Crippen LogP contribution in [0.3, 0.4) is 0 Å². The number of carbonyl (C=O) groups excluding carboxylic acids is 1. The van der Waals surface area contributed by atoms with E-state index in [0.717, 1.165) is 0 Å². The summed E-state index contributed by atoms with van der Waals surface area (Å²) in [6.45, 7) is 1.52. The minimum Gasteiger partial charge on any atom is -0.484 e. The zero-order chi connectivity index (χ0) is 14.5. The minimum atomic E-state index is -1.02. The fourth-order valence-corrected chi connectivity index (χ4v) is 1.44. The van der Waals surface area contributed by atoms with Crippen LogP contribution >= 0.6 is 0 Å². The maximum absolute atomic E-state index is 11.6. The monoisotopic (exact) mass is 276 g/mol. The van der Waals surface area contributed by atoms with Gasteiger partial charge in [-0.05, 0) is 31.2 Å². The van der Waals surface area contributed by atoms with Crippen LogP contribution in [0.5, 0.6) is 5.75 Å². The number of rotatable bonds is 5. The summed E-state index contributed by atoms with van der Waals surface area (Å²) in [4.78, 5) is 22.2. The van der Waals surface area contributed by atoms with Crippen molar-refractivity contribution in [3.05, 3.63) is 41.6 Å². The number of amides is 1. The smallest absolute Gasteiger partial charge is 0.335 e. The highest BCUT2D eigenvalue weighted by atomic mass is 16.5. The standard InChI is InChI=1S/C13H12N2O5/c1-8-6-12(20-15-8)14-11(16)7-19-10-4-2-9(3-5-10)13(17)18/h2-6H,7H2,1H3,(H,14,16)(H,17,18). The number of anilines is 1. The van der Waals surface area contributed by atoms with E-state index in [1.165, 1.54) is 24.3 Å². The zero-order valence-corrected chi connectivity index (χ0v) is 10.6. The quantitative estimate of drug-likeness (QED) is 0.861. The predicted molar refractivity (Wildman–Crippen MR) is 68.8 cm³/mol. The number of ether oxygens (including phenoxy) is 1. The third-order valence-corrected chi connectivity index (χ3v) is 2.36. The minimum absolute atomic E-state index is 0.152. The molecule has 0 radical (unpaired) electrons. The number of carbonyl (C=O) groups is 2. The first kappa shape index (κ1) is 13.6. The maximum Gasteiger partial charge on any atom is 0.335 e. The lowest BCUT2D eigenvalue weighted by molar-refractivity contribution is -0.118. The summed E-state index contributed by atoms with van der Waals surface area (Å²) in [6.07, 6.45) is 0. The van der Waals surface area contributed by atoms with E-state index in [2.05, 4.69) is 10.5 Å². The Hall–Kier alpha value is -2.83. The van der Waals surface area contributed by atoms with Gasteiger partial charge in [0.15, 0.2) is 6.61 Å². The van der Waals surface area contributed by atoms with Gasteiger partial charge >= 0.3 is 5.97 Å². The number of benzene rings is 1. The topological polar surface area (TPSA) is 102 Å². The number of nitrogens with one attached hydrogen (secondary N) is 1. The van der Waals surface area contributed by atoms with E-state index in [1.807, 2.05) is 0 Å². The van der Waals surface area contributed by atoms with Crippen LogP contribution in [-0.2, 0) is 4.79 Å². The van der Waals surface area contributed by atoms with Crippen molar-refractivity contribution in [3.8, 4) is 5.75 Å². The third kappa shape index (κ3) is 3.58. The molecule has 0 bridgehead atoms. The Kier molecular flexibility index (Phi) is 3.99. The zero-order valence-electron chi connectivity index (χ0n) is 10.6. The number of hydrogen-bond donors (Lipinski definition) is 2. The summed E-state index contributed by atoms with van der Waals surface area (Å²) < 4.78 is 10.0. The van der Waals surface area contributed by atoms with Gasteiger partial charge in [-0.15, -0.1) is 0 Å². The maximum atomic E-state index is 11.6. The summed E-state index contributed by atoms with van der Waals surface area (Å²) >= 11 is 0. The van der Waals surface area contributed by atoms with Gasteiger partial charge in [-0.2, -0.15) is 0 Å². The normalized spacial score (nSPS) is 10.1. The Morgan fingerprint density at radius 2 is 2.05 bits per heavy atom. The van der Waals surface area contributed by atoms with Gasteiger partial charge in [0.2, 0.25) is 5.88 Å². The van der Waals surface area contributed by atoms with E-state index in [4.69, 9.17) is 14.4 Å². The summed E-state index contributed by atoms with van der Waals surface area (Å²) in [5.41, 5.74) is 0.810. The molecule has 0 saturated heterocycles. The molecule has 2 rings (SSSR count). The van der Waals surface area contributed by atoms with E-state index in [-0.39, 0.29) is 18.1 Å². The molecule has 0 aliphatic rings. The van der Waals surface area contributed by atoms with Crippen molar-refractivity contribution < 1.29 is 24.0 Å². The number of aryl methyl sites for hydroxylation is 1. The molecule has 0 unspecified atom stereocenters. The average Bonchev–Trinajstić information content (AvgIpc) is 2.82. The van der Waals surface area contributed by atoms with Crippen LogP contribution in [0.4, 0.5) is 5.88 Å². The summed E-state index contributed by atoms with van der Waals surface area (Å²) in [5, 5.41) is 14.8. The first-order valence-corrected chi connectivity index (χ1v) is 5.74. The highest BCUT2D eigenvalue weighted by Gasteiger charge is 2.08. The van der Waals surface area contributed by atoms with Crippen molar-refractivity contribution in [1.82, 2.24) is 5.16 Å². The molecule has 1 aromatic carbocycles. The molecule has 7 nitrogen and oxygen atoms in total. The molecular formula is C13H12N2O5. The van der Waals surface area contributed by atoms with Crippen LogP contribution in [0.15, 0.2) is 34.9 Å². The number of hydrogen-bond acceptors (Lipinski definition) is 5. The largest absolute Gasteiger partial charge is 0.484 e. The first-order chi connectivity index (χ1) is 9.54. The van der Waals surface area contributed by atoms with Crippen molar-refractivity contribution in [2.45, 2.75) is 6.92 Å². The van der Waals surface area contributed by atoms with E-state index in [1.54, 1.807) is 13.0 Å². The van der Waals surface area contributed by atoms with Crippen LogP contribution < -0.4 is 10.1 Å². The molecule has 104 valence electrons. The second kappa shape index (κ2) is 5.87. The molecule has 0 saturated carbocycles. The van der Waals surface area contributed by atoms with Gasteiger partial charge < -0.3 is 14.4 Å². The number of aromatic carboxylic acids is 1. The van der Waals surface area contributed by atoms with E-state index < -0.39 is 11.9 Å². The lowest BCUT2D eigenvalue weighted by Crippen LogP contribution is -2.19. The number of carboxylic acid groups (broad SMARTS) is 1. The summed E-state index contributed by atoms with van der Waals surface area (Å²) in [5.74, 6) is -0.769. The molecular weight excluding hydrogens is 264 g/mol. The Morgan fingerprint density at radius 3 is 2.60 bits per heavy atom. The van der Waals surface area contributed by atoms with Gasteiger partial charge in [-0.25, -0.2) is 4.79 Å². The molecule has 7 heteroatoms. The molecule has 1 amide bonds. The molecule has 0 fully saturated rings. The fourth-order valence-electron chi connectivity index (χ4n) is 1.44. The van der Waals surface area contributed by atoms with Crippen molar-refractivity contribution in [2.75, 3.05) is 11.9 Å². The Morgan fingerprint density at radius 1 is 1.35 bits per heavy atom. The summed E-state index contributed by atoms with van der Waals surface area (Å²) in [6, 6.07) is 7.34. The Balaban J connectivity index is 1.85. The van der Waals surface area contributed by atoms with Crippen LogP contribution in [0, 0.1) is 6.92 Å². The van der Waals surface area contributed by atoms with Gasteiger partial charge in [0, 0.05) is 6.07 Å².